The second kappa shape index (κ2) is 12.6. The first-order valence-electron chi connectivity index (χ1n) is 9.73. The molecule has 25 heavy (non-hydrogen) atoms. The Morgan fingerprint density at radius 2 is 1.80 bits per heavy atom. The normalized spacial score (nSPS) is 23.6. The highest BCUT2D eigenvalue weighted by atomic mass is 127. The lowest BCUT2D eigenvalue weighted by Gasteiger charge is -2.36. The van der Waals surface area contributed by atoms with E-state index >= 15 is 0 Å². The third-order valence-electron chi connectivity index (χ3n) is 5.06. The van der Waals surface area contributed by atoms with E-state index in [0.29, 0.717) is 0 Å². The summed E-state index contributed by atoms with van der Waals surface area (Å²) in [6.45, 7) is 20.3. The van der Waals surface area contributed by atoms with E-state index in [1.54, 1.807) is 0 Å². The number of likely N-dealkylation sites (N-methyl/N-ethyl adjacent to an activating group) is 1. The topological polar surface area (TPSA) is 34.1 Å². The summed E-state index contributed by atoms with van der Waals surface area (Å²) in [6, 6.07) is 0. The van der Waals surface area contributed by atoms with Crippen LogP contribution in [-0.4, -0.2) is 97.1 Å². The Labute approximate surface area is 176 Å². The predicted molar refractivity (Wildman–Crippen MR) is 123 cm³/mol. The number of piperazine rings is 1. The molecular formula is C18H38IN5S. The highest BCUT2D eigenvalue weighted by Crippen LogP contribution is 2.24. The molecule has 0 aromatic heterocycles. The molecule has 2 fully saturated rings. The standard InChI is InChI=1S/C18H37N5S.HI/c1-5-19-18(23-13-14-24-17(15-23)16(3)4)20-7-8-22-11-9-21(6-2)10-12-22;/h16-17H,5-15H2,1-4H3,(H,19,20);1H. The van der Waals surface area contributed by atoms with E-state index in [4.69, 9.17) is 4.99 Å². The average Bonchev–Trinajstić information content (AvgIpc) is 2.61. The molecule has 2 aliphatic heterocycles. The van der Waals surface area contributed by atoms with Crippen LogP contribution in [0.5, 0.6) is 0 Å². The van der Waals surface area contributed by atoms with Crippen molar-refractivity contribution in [1.29, 1.82) is 0 Å². The summed E-state index contributed by atoms with van der Waals surface area (Å²) < 4.78 is 0. The van der Waals surface area contributed by atoms with Gasteiger partial charge in [0.15, 0.2) is 5.96 Å². The van der Waals surface area contributed by atoms with Crippen molar-refractivity contribution in [1.82, 2.24) is 20.0 Å². The highest BCUT2D eigenvalue weighted by Gasteiger charge is 2.24. The van der Waals surface area contributed by atoms with Gasteiger partial charge in [-0.1, -0.05) is 20.8 Å². The van der Waals surface area contributed by atoms with Crippen molar-refractivity contribution < 1.29 is 0 Å². The van der Waals surface area contributed by atoms with E-state index in [2.05, 4.69) is 59.5 Å². The first-order chi connectivity index (χ1) is 11.6. The van der Waals surface area contributed by atoms with E-state index in [1.165, 1.54) is 38.5 Å². The molecule has 148 valence electrons. The van der Waals surface area contributed by atoms with Gasteiger partial charge in [0.1, 0.15) is 0 Å². The second-order valence-electron chi connectivity index (χ2n) is 7.11. The van der Waals surface area contributed by atoms with Gasteiger partial charge in [-0.25, -0.2) is 0 Å². The van der Waals surface area contributed by atoms with Gasteiger partial charge in [0.2, 0.25) is 0 Å². The molecule has 2 heterocycles. The van der Waals surface area contributed by atoms with E-state index < -0.39 is 0 Å². The quantitative estimate of drug-likeness (QED) is 0.356. The zero-order chi connectivity index (χ0) is 17.4. The largest absolute Gasteiger partial charge is 0.357 e. The summed E-state index contributed by atoms with van der Waals surface area (Å²) in [6.07, 6.45) is 0. The predicted octanol–water partition coefficient (Wildman–Crippen LogP) is 2.28. The molecule has 0 spiro atoms. The minimum Gasteiger partial charge on any atom is -0.357 e. The smallest absolute Gasteiger partial charge is 0.194 e. The number of hydrogen-bond donors (Lipinski definition) is 1. The second-order valence-corrected chi connectivity index (χ2v) is 8.46. The molecule has 0 aromatic rings. The number of aliphatic imine (C=N–C) groups is 1. The summed E-state index contributed by atoms with van der Waals surface area (Å²) in [7, 11) is 0. The maximum Gasteiger partial charge on any atom is 0.194 e. The highest BCUT2D eigenvalue weighted by molar-refractivity contribution is 14.0. The van der Waals surface area contributed by atoms with Crippen LogP contribution in [0.1, 0.15) is 27.7 Å². The van der Waals surface area contributed by atoms with Crippen LogP contribution >= 0.6 is 35.7 Å². The molecule has 2 rings (SSSR count). The van der Waals surface area contributed by atoms with Crippen LogP contribution < -0.4 is 5.32 Å². The van der Waals surface area contributed by atoms with Crippen LogP contribution in [0.25, 0.3) is 0 Å². The zero-order valence-corrected chi connectivity index (χ0v) is 19.7. The lowest BCUT2D eigenvalue weighted by atomic mass is 10.1. The fraction of sp³-hybridized carbons (Fsp3) is 0.944. The Hall–Kier alpha value is 0.270. The van der Waals surface area contributed by atoms with Crippen LogP contribution in [0, 0.1) is 5.92 Å². The lowest BCUT2D eigenvalue weighted by molar-refractivity contribution is 0.140. The molecule has 0 radical (unpaired) electrons. The maximum atomic E-state index is 4.93. The van der Waals surface area contributed by atoms with Gasteiger partial charge >= 0.3 is 0 Å². The Morgan fingerprint density at radius 3 is 2.40 bits per heavy atom. The van der Waals surface area contributed by atoms with Gasteiger partial charge in [0.25, 0.3) is 0 Å². The van der Waals surface area contributed by atoms with Crippen LogP contribution in [0.4, 0.5) is 0 Å². The SMILES string of the molecule is CCNC(=NCCN1CCN(CC)CC1)N1CCSC(C(C)C)C1.I. The van der Waals surface area contributed by atoms with Crippen LogP contribution in [0.15, 0.2) is 4.99 Å². The first kappa shape index (κ1) is 23.3. The first-order valence-corrected chi connectivity index (χ1v) is 10.8. The van der Waals surface area contributed by atoms with Crippen molar-refractivity contribution in [2.24, 2.45) is 10.9 Å². The molecule has 1 unspecified atom stereocenters. The average molecular weight is 484 g/mol. The van der Waals surface area contributed by atoms with Gasteiger partial charge in [-0.3, -0.25) is 9.89 Å². The van der Waals surface area contributed by atoms with E-state index in [-0.39, 0.29) is 24.0 Å². The molecule has 2 aliphatic rings. The van der Waals surface area contributed by atoms with Gasteiger partial charge < -0.3 is 15.1 Å². The van der Waals surface area contributed by atoms with Crippen molar-refractivity contribution in [3.05, 3.63) is 0 Å². The van der Waals surface area contributed by atoms with Crippen molar-refractivity contribution in [3.8, 4) is 0 Å². The van der Waals surface area contributed by atoms with Gasteiger partial charge in [-0.15, -0.1) is 24.0 Å². The van der Waals surface area contributed by atoms with Crippen molar-refractivity contribution >= 4 is 41.7 Å². The summed E-state index contributed by atoms with van der Waals surface area (Å²) in [4.78, 5) is 12.5. The van der Waals surface area contributed by atoms with E-state index in [9.17, 15) is 0 Å². The van der Waals surface area contributed by atoms with Gasteiger partial charge in [0.05, 0.1) is 6.54 Å². The van der Waals surface area contributed by atoms with Gasteiger partial charge in [-0.05, 0) is 19.4 Å². The summed E-state index contributed by atoms with van der Waals surface area (Å²) >= 11 is 2.12. The van der Waals surface area contributed by atoms with Crippen LogP contribution in [-0.2, 0) is 0 Å². The summed E-state index contributed by atoms with van der Waals surface area (Å²) in [5.74, 6) is 3.07. The van der Waals surface area contributed by atoms with Gasteiger partial charge in [0, 0.05) is 63.4 Å². The summed E-state index contributed by atoms with van der Waals surface area (Å²) in [5.41, 5.74) is 0. The minimum atomic E-state index is 0. The third kappa shape index (κ3) is 7.81. The van der Waals surface area contributed by atoms with E-state index in [1.807, 2.05) is 0 Å². The Kier molecular flexibility index (Phi) is 11.8. The van der Waals surface area contributed by atoms with Crippen LogP contribution in [0.3, 0.4) is 0 Å². The molecule has 0 aromatic carbocycles. The monoisotopic (exact) mass is 483 g/mol. The molecule has 7 heteroatoms. The van der Waals surface area contributed by atoms with Crippen molar-refractivity contribution in [2.45, 2.75) is 32.9 Å². The molecular weight excluding hydrogens is 445 g/mol. The molecule has 0 saturated carbocycles. The third-order valence-corrected chi connectivity index (χ3v) is 6.60. The number of thioether (sulfide) groups is 1. The lowest BCUT2D eigenvalue weighted by Crippen LogP contribution is -2.49. The number of nitrogens with one attached hydrogen (secondary N) is 1. The molecule has 2 saturated heterocycles. The molecule has 5 nitrogen and oxygen atoms in total. The number of halogens is 1. The zero-order valence-electron chi connectivity index (χ0n) is 16.5. The van der Waals surface area contributed by atoms with Crippen molar-refractivity contribution in [2.75, 3.05) is 71.2 Å². The molecule has 0 bridgehead atoms. The van der Waals surface area contributed by atoms with E-state index in [0.717, 1.165) is 49.9 Å². The number of guanidine groups is 1. The molecule has 0 aliphatic carbocycles. The molecule has 1 N–H and O–H groups in total. The molecule has 1 atom stereocenters. The Morgan fingerprint density at radius 1 is 1.12 bits per heavy atom. The van der Waals surface area contributed by atoms with Gasteiger partial charge in [-0.2, -0.15) is 11.8 Å². The summed E-state index contributed by atoms with van der Waals surface area (Å²) in [5, 5.41) is 4.23. The number of hydrogen-bond acceptors (Lipinski definition) is 4. The fourth-order valence-electron chi connectivity index (χ4n) is 3.32. The Bertz CT molecular complexity index is 386. The number of nitrogens with zero attached hydrogens (tertiary/aromatic N) is 4. The number of rotatable bonds is 6. The van der Waals surface area contributed by atoms with Crippen LogP contribution in [0.2, 0.25) is 0 Å². The molecule has 0 amide bonds. The van der Waals surface area contributed by atoms with Crippen molar-refractivity contribution in [3.63, 3.8) is 0 Å². The maximum absolute atomic E-state index is 4.93. The minimum absolute atomic E-state index is 0. The Balaban J connectivity index is 0.00000312. The fourth-order valence-corrected chi connectivity index (χ4v) is 4.62.